The van der Waals surface area contributed by atoms with Crippen LogP contribution in [0.2, 0.25) is 5.02 Å². The zero-order chi connectivity index (χ0) is 20.9. The van der Waals surface area contributed by atoms with E-state index in [2.05, 4.69) is 10.0 Å². The molecule has 2 aromatic carbocycles. The summed E-state index contributed by atoms with van der Waals surface area (Å²) in [5.41, 5.74) is 1.75. The van der Waals surface area contributed by atoms with Gasteiger partial charge in [0.25, 0.3) is 5.91 Å². The SMILES string of the molecule is Cc1cc(S(=O)(=O)NC2CCCCCCC2)ccc1NC(=O)c1ccc(Cl)cc1. The minimum atomic E-state index is -3.59. The summed E-state index contributed by atoms with van der Waals surface area (Å²) < 4.78 is 28.5. The van der Waals surface area contributed by atoms with Crippen LogP contribution in [-0.2, 0) is 10.0 Å². The number of aryl methyl sites for hydroxylation is 1. The van der Waals surface area contributed by atoms with E-state index >= 15 is 0 Å². The van der Waals surface area contributed by atoms with Crippen molar-refractivity contribution in [2.45, 2.75) is 62.8 Å². The lowest BCUT2D eigenvalue weighted by molar-refractivity contribution is 0.102. The molecule has 1 aliphatic carbocycles. The minimum absolute atomic E-state index is 0.00936. The smallest absolute Gasteiger partial charge is 0.255 e. The van der Waals surface area contributed by atoms with Crippen molar-refractivity contribution in [3.63, 3.8) is 0 Å². The van der Waals surface area contributed by atoms with Gasteiger partial charge in [-0.1, -0.05) is 43.7 Å². The molecule has 1 saturated carbocycles. The number of halogens is 1. The van der Waals surface area contributed by atoms with Gasteiger partial charge in [0.2, 0.25) is 10.0 Å². The van der Waals surface area contributed by atoms with Gasteiger partial charge in [-0.05, 0) is 67.8 Å². The number of carbonyl (C=O) groups is 1. The molecule has 0 aliphatic heterocycles. The fourth-order valence-electron chi connectivity index (χ4n) is 3.60. The first-order valence-corrected chi connectivity index (χ1v) is 11.9. The third kappa shape index (κ3) is 6.04. The predicted molar refractivity (Wildman–Crippen MR) is 117 cm³/mol. The maximum atomic E-state index is 12.8. The Bertz CT molecular complexity index is 951. The van der Waals surface area contributed by atoms with Gasteiger partial charge in [-0.15, -0.1) is 0 Å². The molecule has 0 bridgehead atoms. The van der Waals surface area contributed by atoms with Crippen molar-refractivity contribution in [2.24, 2.45) is 0 Å². The highest BCUT2D eigenvalue weighted by atomic mass is 35.5. The fourth-order valence-corrected chi connectivity index (χ4v) is 5.12. The van der Waals surface area contributed by atoms with Crippen LogP contribution < -0.4 is 10.0 Å². The van der Waals surface area contributed by atoms with Gasteiger partial charge in [0.15, 0.2) is 0 Å². The third-order valence-corrected chi connectivity index (χ3v) is 7.06. The lowest BCUT2D eigenvalue weighted by Gasteiger charge is -2.21. The van der Waals surface area contributed by atoms with Crippen molar-refractivity contribution in [3.8, 4) is 0 Å². The van der Waals surface area contributed by atoms with Crippen molar-refractivity contribution in [1.29, 1.82) is 0 Å². The van der Waals surface area contributed by atoms with E-state index in [-0.39, 0.29) is 16.8 Å². The highest BCUT2D eigenvalue weighted by Gasteiger charge is 2.21. The molecule has 1 fully saturated rings. The number of hydrogen-bond donors (Lipinski definition) is 2. The molecule has 0 saturated heterocycles. The molecule has 0 aromatic heterocycles. The van der Waals surface area contributed by atoms with Crippen LogP contribution >= 0.6 is 11.6 Å². The van der Waals surface area contributed by atoms with Crippen molar-refractivity contribution in [2.75, 3.05) is 5.32 Å². The molecule has 5 nitrogen and oxygen atoms in total. The van der Waals surface area contributed by atoms with E-state index in [1.807, 2.05) is 0 Å². The highest BCUT2D eigenvalue weighted by Crippen LogP contribution is 2.23. The van der Waals surface area contributed by atoms with Crippen LogP contribution in [0.25, 0.3) is 0 Å². The molecule has 0 radical (unpaired) electrons. The van der Waals surface area contributed by atoms with Crippen molar-refractivity contribution < 1.29 is 13.2 Å². The Morgan fingerprint density at radius 2 is 1.59 bits per heavy atom. The maximum absolute atomic E-state index is 12.8. The van der Waals surface area contributed by atoms with E-state index < -0.39 is 10.0 Å². The Kier molecular flexibility index (Phi) is 7.33. The molecule has 7 heteroatoms. The van der Waals surface area contributed by atoms with E-state index in [1.165, 1.54) is 25.3 Å². The Morgan fingerprint density at radius 1 is 0.966 bits per heavy atom. The number of sulfonamides is 1. The fraction of sp³-hybridized carbons (Fsp3) is 0.409. The second kappa shape index (κ2) is 9.74. The largest absolute Gasteiger partial charge is 0.322 e. The molecular formula is C22H27ClN2O3S. The number of rotatable bonds is 5. The van der Waals surface area contributed by atoms with E-state index in [0.29, 0.717) is 21.8 Å². The van der Waals surface area contributed by atoms with E-state index in [4.69, 9.17) is 11.6 Å². The topological polar surface area (TPSA) is 75.3 Å². The molecule has 0 heterocycles. The quantitative estimate of drug-likeness (QED) is 0.671. The van der Waals surface area contributed by atoms with Crippen LogP contribution in [0.15, 0.2) is 47.4 Å². The number of amides is 1. The highest BCUT2D eigenvalue weighted by molar-refractivity contribution is 7.89. The van der Waals surface area contributed by atoms with Gasteiger partial charge in [-0.2, -0.15) is 0 Å². The number of anilines is 1. The Labute approximate surface area is 177 Å². The summed E-state index contributed by atoms with van der Waals surface area (Å²) in [6.45, 7) is 1.78. The number of carbonyl (C=O) groups excluding carboxylic acids is 1. The first-order chi connectivity index (χ1) is 13.8. The molecular weight excluding hydrogens is 408 g/mol. The zero-order valence-corrected chi connectivity index (χ0v) is 18.2. The second-order valence-corrected chi connectivity index (χ2v) is 9.75. The first-order valence-electron chi connectivity index (χ1n) is 10.0. The number of nitrogens with one attached hydrogen (secondary N) is 2. The van der Waals surface area contributed by atoms with Gasteiger partial charge < -0.3 is 5.32 Å². The monoisotopic (exact) mass is 434 g/mol. The van der Waals surface area contributed by atoms with Crippen LogP contribution in [0.1, 0.15) is 60.9 Å². The summed E-state index contributed by atoms with van der Waals surface area (Å²) in [5, 5.41) is 3.38. The Balaban J connectivity index is 1.70. The van der Waals surface area contributed by atoms with E-state index in [1.54, 1.807) is 43.3 Å². The molecule has 156 valence electrons. The molecule has 29 heavy (non-hydrogen) atoms. The first kappa shape index (κ1) is 21.8. The molecule has 1 amide bonds. The standard InChI is InChI=1S/C22H27ClN2O3S/c1-16-15-20(29(27,28)25-19-7-5-3-2-4-6-8-19)13-14-21(16)24-22(26)17-9-11-18(23)12-10-17/h9-15,19,25H,2-8H2,1H3,(H,24,26). The molecule has 3 rings (SSSR count). The average Bonchev–Trinajstić information content (AvgIpc) is 2.66. The predicted octanol–water partition coefficient (Wildman–Crippen LogP) is 5.29. The summed E-state index contributed by atoms with van der Waals surface area (Å²) in [5.74, 6) is -0.270. The van der Waals surface area contributed by atoms with Gasteiger partial charge in [0.1, 0.15) is 0 Å². The zero-order valence-electron chi connectivity index (χ0n) is 16.6. The van der Waals surface area contributed by atoms with Gasteiger partial charge in [-0.3, -0.25) is 4.79 Å². The Hall–Kier alpha value is -1.89. The Morgan fingerprint density at radius 3 is 2.21 bits per heavy atom. The van der Waals surface area contributed by atoms with E-state index in [9.17, 15) is 13.2 Å². The molecule has 0 unspecified atom stereocenters. The van der Waals surface area contributed by atoms with Crippen LogP contribution in [0.5, 0.6) is 0 Å². The third-order valence-electron chi connectivity index (χ3n) is 5.29. The van der Waals surface area contributed by atoms with Gasteiger partial charge in [0.05, 0.1) is 4.90 Å². The summed E-state index contributed by atoms with van der Waals surface area (Å²) >= 11 is 5.85. The lowest BCUT2D eigenvalue weighted by atomic mass is 9.97. The second-order valence-electron chi connectivity index (χ2n) is 7.60. The molecule has 0 spiro atoms. The summed E-state index contributed by atoms with van der Waals surface area (Å²) in [6, 6.07) is 11.4. The molecule has 0 atom stereocenters. The number of hydrogen-bond acceptors (Lipinski definition) is 3. The minimum Gasteiger partial charge on any atom is -0.322 e. The van der Waals surface area contributed by atoms with Crippen molar-refractivity contribution >= 4 is 33.2 Å². The van der Waals surface area contributed by atoms with Crippen molar-refractivity contribution in [1.82, 2.24) is 4.72 Å². The molecule has 1 aliphatic rings. The van der Waals surface area contributed by atoms with Crippen LogP contribution in [0.3, 0.4) is 0 Å². The van der Waals surface area contributed by atoms with Crippen molar-refractivity contribution in [3.05, 3.63) is 58.6 Å². The van der Waals surface area contributed by atoms with Gasteiger partial charge >= 0.3 is 0 Å². The van der Waals surface area contributed by atoms with Crippen LogP contribution in [0, 0.1) is 6.92 Å². The summed E-state index contributed by atoms with van der Waals surface area (Å²) in [6.07, 6.45) is 7.45. The molecule has 2 N–H and O–H groups in total. The number of benzene rings is 2. The van der Waals surface area contributed by atoms with E-state index in [0.717, 1.165) is 25.7 Å². The van der Waals surface area contributed by atoms with Crippen LogP contribution in [-0.4, -0.2) is 20.4 Å². The normalized spacial score (nSPS) is 16.1. The molecule has 2 aromatic rings. The van der Waals surface area contributed by atoms with Gasteiger partial charge in [-0.25, -0.2) is 13.1 Å². The van der Waals surface area contributed by atoms with Crippen LogP contribution in [0.4, 0.5) is 5.69 Å². The maximum Gasteiger partial charge on any atom is 0.255 e. The summed E-state index contributed by atoms with van der Waals surface area (Å²) in [4.78, 5) is 12.6. The average molecular weight is 435 g/mol. The lowest BCUT2D eigenvalue weighted by Crippen LogP contribution is -2.35. The summed E-state index contributed by atoms with van der Waals surface area (Å²) in [7, 11) is -3.59. The van der Waals surface area contributed by atoms with Gasteiger partial charge in [0, 0.05) is 22.3 Å².